The zero-order chi connectivity index (χ0) is 14.9. The molecule has 0 radical (unpaired) electrons. The first kappa shape index (κ1) is 14.6. The lowest BCUT2D eigenvalue weighted by Gasteiger charge is -2.25. The van der Waals surface area contributed by atoms with Gasteiger partial charge in [0.2, 0.25) is 11.8 Å². The van der Waals surface area contributed by atoms with Crippen molar-refractivity contribution in [3.05, 3.63) is 27.5 Å². The molecule has 1 aromatic rings. The molecular formula is C15H22N2O3. The van der Waals surface area contributed by atoms with Crippen molar-refractivity contribution in [2.75, 3.05) is 6.61 Å². The van der Waals surface area contributed by atoms with E-state index >= 15 is 0 Å². The molecule has 0 fully saturated rings. The topological polar surface area (TPSA) is 60.3 Å². The molecule has 20 heavy (non-hydrogen) atoms. The average molecular weight is 278 g/mol. The van der Waals surface area contributed by atoms with Crippen LogP contribution >= 0.6 is 0 Å². The molecule has 2 rings (SSSR count). The van der Waals surface area contributed by atoms with Crippen LogP contribution in [-0.4, -0.2) is 17.1 Å². The van der Waals surface area contributed by atoms with Crippen molar-refractivity contribution in [2.24, 2.45) is 5.41 Å². The molecule has 0 spiro atoms. The van der Waals surface area contributed by atoms with Crippen molar-refractivity contribution in [3.8, 4) is 5.88 Å². The number of nitrogens with one attached hydrogen (secondary N) is 1. The Morgan fingerprint density at radius 1 is 1.45 bits per heavy atom. The Bertz CT molecular complexity index is 582. The number of carbonyl (C=O) groups excluding carboxylic acids is 1. The van der Waals surface area contributed by atoms with Gasteiger partial charge in [-0.15, -0.1) is 0 Å². The zero-order valence-corrected chi connectivity index (χ0v) is 12.6. The third-order valence-electron chi connectivity index (χ3n) is 3.44. The SMILES string of the molecule is Cc1cc(=O)c(CNC(=O)C(C)(C)C)c2n1CCCO2. The smallest absolute Gasteiger partial charge is 0.225 e. The molecule has 0 saturated carbocycles. The average Bonchev–Trinajstić information content (AvgIpc) is 2.37. The molecular weight excluding hydrogens is 256 g/mol. The highest BCUT2D eigenvalue weighted by Gasteiger charge is 2.23. The highest BCUT2D eigenvalue weighted by molar-refractivity contribution is 5.81. The van der Waals surface area contributed by atoms with Gasteiger partial charge in [-0.05, 0) is 13.3 Å². The van der Waals surface area contributed by atoms with E-state index in [1.54, 1.807) is 6.07 Å². The van der Waals surface area contributed by atoms with E-state index in [1.165, 1.54) is 0 Å². The maximum absolute atomic E-state index is 12.1. The van der Waals surface area contributed by atoms with E-state index < -0.39 is 5.41 Å². The second kappa shape index (κ2) is 5.31. The molecule has 0 unspecified atom stereocenters. The quantitative estimate of drug-likeness (QED) is 0.894. The predicted octanol–water partition coefficient (Wildman–Crippen LogP) is 1.60. The minimum atomic E-state index is -0.470. The minimum absolute atomic E-state index is 0.0768. The predicted molar refractivity (Wildman–Crippen MR) is 76.9 cm³/mol. The second-order valence-corrected chi connectivity index (χ2v) is 6.22. The lowest BCUT2D eigenvalue weighted by molar-refractivity contribution is -0.128. The molecule has 0 atom stereocenters. The molecule has 110 valence electrons. The Hall–Kier alpha value is -1.78. The van der Waals surface area contributed by atoms with E-state index in [1.807, 2.05) is 32.3 Å². The standard InChI is InChI=1S/C15H22N2O3/c1-10-8-12(18)11(9-16-14(19)15(2,3)4)13-17(10)6-5-7-20-13/h8H,5-7,9H2,1-4H3,(H,16,19). The van der Waals surface area contributed by atoms with Crippen molar-refractivity contribution < 1.29 is 9.53 Å². The second-order valence-electron chi connectivity index (χ2n) is 6.22. The summed E-state index contributed by atoms with van der Waals surface area (Å²) >= 11 is 0. The maximum atomic E-state index is 12.1. The molecule has 0 aromatic carbocycles. The molecule has 5 nitrogen and oxygen atoms in total. The number of amides is 1. The minimum Gasteiger partial charge on any atom is -0.478 e. The number of aryl methyl sites for hydroxylation is 1. The summed E-state index contributed by atoms with van der Waals surface area (Å²) in [6.07, 6.45) is 0.935. The van der Waals surface area contributed by atoms with Crippen LogP contribution in [0.1, 0.15) is 38.4 Å². The first-order chi connectivity index (χ1) is 9.30. The van der Waals surface area contributed by atoms with E-state index in [0.29, 0.717) is 18.1 Å². The maximum Gasteiger partial charge on any atom is 0.225 e. The fourth-order valence-corrected chi connectivity index (χ4v) is 2.21. The highest BCUT2D eigenvalue weighted by Crippen LogP contribution is 2.22. The molecule has 0 aliphatic carbocycles. The number of nitrogens with zero attached hydrogens (tertiary/aromatic N) is 1. The molecule has 1 aliphatic rings. The van der Waals surface area contributed by atoms with Crippen LogP contribution in [0.15, 0.2) is 10.9 Å². The molecule has 0 saturated heterocycles. The van der Waals surface area contributed by atoms with Gasteiger partial charge in [0.1, 0.15) is 0 Å². The van der Waals surface area contributed by atoms with Crippen LogP contribution in [0.25, 0.3) is 0 Å². The van der Waals surface area contributed by atoms with Gasteiger partial charge >= 0.3 is 0 Å². The van der Waals surface area contributed by atoms with Gasteiger partial charge in [-0.25, -0.2) is 0 Å². The van der Waals surface area contributed by atoms with Crippen molar-refractivity contribution in [1.82, 2.24) is 9.88 Å². The Morgan fingerprint density at radius 2 is 2.15 bits per heavy atom. The van der Waals surface area contributed by atoms with Gasteiger partial charge in [0.05, 0.1) is 18.7 Å². The summed E-state index contributed by atoms with van der Waals surface area (Å²) in [4.78, 5) is 24.1. The number of rotatable bonds is 2. The summed E-state index contributed by atoms with van der Waals surface area (Å²) in [6.45, 7) is 9.11. The third kappa shape index (κ3) is 2.86. The third-order valence-corrected chi connectivity index (χ3v) is 3.44. The van der Waals surface area contributed by atoms with Gasteiger partial charge in [-0.2, -0.15) is 0 Å². The van der Waals surface area contributed by atoms with E-state index in [-0.39, 0.29) is 17.9 Å². The molecule has 1 aromatic heterocycles. The van der Waals surface area contributed by atoms with Crippen molar-refractivity contribution in [2.45, 2.75) is 47.2 Å². The number of hydrogen-bond acceptors (Lipinski definition) is 3. The molecule has 1 aliphatic heterocycles. The van der Waals surface area contributed by atoms with Gasteiger partial charge < -0.3 is 14.6 Å². The van der Waals surface area contributed by atoms with Crippen LogP contribution in [0.2, 0.25) is 0 Å². The van der Waals surface area contributed by atoms with Crippen molar-refractivity contribution in [1.29, 1.82) is 0 Å². The summed E-state index contributed by atoms with van der Waals surface area (Å²) in [5, 5.41) is 2.82. The van der Waals surface area contributed by atoms with Gasteiger partial charge in [0.25, 0.3) is 0 Å². The summed E-state index contributed by atoms with van der Waals surface area (Å²) in [5.41, 5.74) is 0.885. The largest absolute Gasteiger partial charge is 0.478 e. The van der Waals surface area contributed by atoms with Crippen LogP contribution in [0.3, 0.4) is 0 Å². The van der Waals surface area contributed by atoms with Gasteiger partial charge in [-0.1, -0.05) is 20.8 Å². The molecule has 1 amide bonds. The van der Waals surface area contributed by atoms with Crippen LogP contribution in [-0.2, 0) is 17.9 Å². The number of aromatic nitrogens is 1. The van der Waals surface area contributed by atoms with Crippen LogP contribution < -0.4 is 15.5 Å². The lowest BCUT2D eigenvalue weighted by Crippen LogP contribution is -2.36. The summed E-state index contributed by atoms with van der Waals surface area (Å²) < 4.78 is 7.65. The van der Waals surface area contributed by atoms with Gasteiger partial charge in [-0.3, -0.25) is 9.59 Å². The number of hydrogen-bond donors (Lipinski definition) is 1. The van der Waals surface area contributed by atoms with E-state index in [2.05, 4.69) is 5.32 Å². The first-order valence-electron chi connectivity index (χ1n) is 6.95. The molecule has 1 N–H and O–H groups in total. The van der Waals surface area contributed by atoms with Crippen LogP contribution in [0.4, 0.5) is 0 Å². The van der Waals surface area contributed by atoms with Gasteiger partial charge in [0.15, 0.2) is 5.43 Å². The van der Waals surface area contributed by atoms with Crippen molar-refractivity contribution in [3.63, 3.8) is 0 Å². The van der Waals surface area contributed by atoms with Gasteiger partial charge in [0, 0.05) is 23.7 Å². The Balaban J connectivity index is 2.28. The molecule has 0 bridgehead atoms. The highest BCUT2D eigenvalue weighted by atomic mass is 16.5. The summed E-state index contributed by atoms with van der Waals surface area (Å²) in [5.74, 6) is 0.530. The Labute approximate surface area is 118 Å². The Morgan fingerprint density at radius 3 is 2.80 bits per heavy atom. The van der Waals surface area contributed by atoms with E-state index in [0.717, 1.165) is 18.7 Å². The summed E-state index contributed by atoms with van der Waals surface area (Å²) in [7, 11) is 0. The number of ether oxygens (including phenoxy) is 1. The monoisotopic (exact) mass is 278 g/mol. The number of pyridine rings is 1. The normalized spacial score (nSPS) is 14.4. The zero-order valence-electron chi connectivity index (χ0n) is 12.6. The first-order valence-corrected chi connectivity index (χ1v) is 6.95. The van der Waals surface area contributed by atoms with Crippen LogP contribution in [0, 0.1) is 12.3 Å². The van der Waals surface area contributed by atoms with E-state index in [4.69, 9.17) is 4.74 Å². The van der Waals surface area contributed by atoms with E-state index in [9.17, 15) is 9.59 Å². The molecule has 2 heterocycles. The van der Waals surface area contributed by atoms with Crippen LogP contribution in [0.5, 0.6) is 5.88 Å². The number of carbonyl (C=O) groups is 1. The number of fused-ring (bicyclic) bond motifs is 1. The Kier molecular flexibility index (Phi) is 3.88. The summed E-state index contributed by atoms with van der Waals surface area (Å²) in [6, 6.07) is 1.61. The fourth-order valence-electron chi connectivity index (χ4n) is 2.21. The van der Waals surface area contributed by atoms with Crippen molar-refractivity contribution >= 4 is 5.91 Å². The molecule has 5 heteroatoms. The fraction of sp³-hybridized carbons (Fsp3) is 0.600. The lowest BCUT2D eigenvalue weighted by atomic mass is 9.95.